The molecule has 27 heavy (non-hydrogen) atoms. The number of fused-ring (bicyclic) bond motifs is 1. The summed E-state index contributed by atoms with van der Waals surface area (Å²) in [7, 11) is 0. The number of aryl methyl sites for hydroxylation is 1. The molecule has 1 aromatic heterocycles. The molecular formula is C20H26FN3O3. The minimum Gasteiger partial charge on any atom is -0.448 e. The van der Waals surface area contributed by atoms with Crippen molar-refractivity contribution in [2.75, 3.05) is 32.7 Å². The number of hydrogen-bond donors (Lipinski definition) is 1. The van der Waals surface area contributed by atoms with Gasteiger partial charge in [0, 0.05) is 43.2 Å². The molecule has 1 aliphatic rings. The first-order chi connectivity index (χ1) is 12.9. The molecule has 2 amide bonds. The molecule has 0 aliphatic carbocycles. The van der Waals surface area contributed by atoms with E-state index >= 15 is 0 Å². The second-order valence-corrected chi connectivity index (χ2v) is 7.12. The number of rotatable bonds is 5. The molecule has 0 radical (unpaired) electrons. The van der Waals surface area contributed by atoms with Gasteiger partial charge in [-0.1, -0.05) is 19.1 Å². The Labute approximate surface area is 158 Å². The van der Waals surface area contributed by atoms with E-state index < -0.39 is 5.82 Å². The van der Waals surface area contributed by atoms with Gasteiger partial charge in [0.2, 0.25) is 5.91 Å². The summed E-state index contributed by atoms with van der Waals surface area (Å²) in [5.41, 5.74) is 0.781. The molecule has 0 spiro atoms. The SMILES string of the molecule is CC[C@H](C)NC(=O)CN1CCN(C(=O)c2oc3c(F)cccc3c2C)CC1. The standard InChI is InChI=1S/C20H26FN3O3/c1-4-13(2)22-17(25)12-23-8-10-24(11-9-23)20(26)18-14(3)15-6-5-7-16(21)19(15)27-18/h5-7,13H,4,8-12H2,1-3H3,(H,22,25)/t13-/m0/s1. The van der Waals surface area contributed by atoms with Gasteiger partial charge in [0.05, 0.1) is 6.54 Å². The number of carbonyl (C=O) groups is 2. The average molecular weight is 375 g/mol. The fraction of sp³-hybridized carbons (Fsp3) is 0.500. The van der Waals surface area contributed by atoms with Gasteiger partial charge in [0.1, 0.15) is 0 Å². The number of para-hydroxylation sites is 1. The number of benzene rings is 1. The number of piperazine rings is 1. The van der Waals surface area contributed by atoms with E-state index in [4.69, 9.17) is 4.42 Å². The zero-order chi connectivity index (χ0) is 19.6. The van der Waals surface area contributed by atoms with Crippen molar-refractivity contribution in [3.8, 4) is 0 Å². The normalized spacial score (nSPS) is 16.5. The van der Waals surface area contributed by atoms with Crippen molar-refractivity contribution in [2.24, 2.45) is 0 Å². The molecule has 1 aromatic carbocycles. The number of carbonyl (C=O) groups excluding carboxylic acids is 2. The molecule has 146 valence electrons. The smallest absolute Gasteiger partial charge is 0.289 e. The minimum absolute atomic E-state index is 0.00716. The molecule has 2 aromatic rings. The highest BCUT2D eigenvalue weighted by molar-refractivity contribution is 5.99. The van der Waals surface area contributed by atoms with E-state index in [9.17, 15) is 14.0 Å². The molecule has 1 aliphatic heterocycles. The molecule has 0 bridgehead atoms. The lowest BCUT2D eigenvalue weighted by molar-refractivity contribution is -0.123. The highest BCUT2D eigenvalue weighted by Gasteiger charge is 2.28. The molecule has 3 rings (SSSR count). The Morgan fingerprint density at radius 1 is 1.26 bits per heavy atom. The summed E-state index contributed by atoms with van der Waals surface area (Å²) < 4.78 is 19.5. The van der Waals surface area contributed by atoms with Gasteiger partial charge in [-0.15, -0.1) is 0 Å². The molecule has 2 heterocycles. The van der Waals surface area contributed by atoms with Gasteiger partial charge in [-0.3, -0.25) is 14.5 Å². The van der Waals surface area contributed by atoms with Gasteiger partial charge in [0.15, 0.2) is 17.2 Å². The zero-order valence-corrected chi connectivity index (χ0v) is 16.0. The summed E-state index contributed by atoms with van der Waals surface area (Å²) >= 11 is 0. The van der Waals surface area contributed by atoms with E-state index in [1.807, 2.05) is 18.7 Å². The van der Waals surface area contributed by atoms with E-state index in [-0.39, 0.29) is 29.2 Å². The molecular weight excluding hydrogens is 349 g/mol. The van der Waals surface area contributed by atoms with Crippen LogP contribution in [-0.4, -0.2) is 60.4 Å². The van der Waals surface area contributed by atoms with Gasteiger partial charge in [-0.05, 0) is 26.3 Å². The molecule has 0 saturated carbocycles. The number of amides is 2. The Kier molecular flexibility index (Phi) is 5.79. The van der Waals surface area contributed by atoms with Crippen LogP contribution in [0.1, 0.15) is 36.4 Å². The van der Waals surface area contributed by atoms with Crippen molar-refractivity contribution in [1.82, 2.24) is 15.1 Å². The maximum atomic E-state index is 13.9. The van der Waals surface area contributed by atoms with Crippen LogP contribution >= 0.6 is 0 Å². The van der Waals surface area contributed by atoms with Gasteiger partial charge in [0.25, 0.3) is 5.91 Å². The second-order valence-electron chi connectivity index (χ2n) is 7.12. The highest BCUT2D eigenvalue weighted by Crippen LogP contribution is 2.28. The third-order valence-corrected chi connectivity index (χ3v) is 5.16. The maximum absolute atomic E-state index is 13.9. The van der Waals surface area contributed by atoms with E-state index in [1.54, 1.807) is 24.0 Å². The lowest BCUT2D eigenvalue weighted by Crippen LogP contribution is -2.51. The van der Waals surface area contributed by atoms with Crippen LogP contribution in [0.5, 0.6) is 0 Å². The van der Waals surface area contributed by atoms with Crippen LogP contribution in [0.25, 0.3) is 11.0 Å². The average Bonchev–Trinajstić information content (AvgIpc) is 3.00. The van der Waals surface area contributed by atoms with Crippen LogP contribution in [0.3, 0.4) is 0 Å². The largest absolute Gasteiger partial charge is 0.448 e. The summed E-state index contributed by atoms with van der Waals surface area (Å²) in [5.74, 6) is -0.496. The fourth-order valence-electron chi connectivity index (χ4n) is 3.29. The van der Waals surface area contributed by atoms with Crippen molar-refractivity contribution in [1.29, 1.82) is 0 Å². The Morgan fingerprint density at radius 2 is 1.96 bits per heavy atom. The second kappa shape index (κ2) is 8.08. The number of halogens is 1. The van der Waals surface area contributed by atoms with Crippen molar-refractivity contribution >= 4 is 22.8 Å². The Hall–Kier alpha value is -2.41. The van der Waals surface area contributed by atoms with Crippen LogP contribution in [0.2, 0.25) is 0 Å². The maximum Gasteiger partial charge on any atom is 0.289 e. The first-order valence-corrected chi connectivity index (χ1v) is 9.39. The third-order valence-electron chi connectivity index (χ3n) is 5.16. The van der Waals surface area contributed by atoms with Crippen LogP contribution in [0, 0.1) is 12.7 Å². The number of hydrogen-bond acceptors (Lipinski definition) is 4. The third kappa shape index (κ3) is 4.13. The van der Waals surface area contributed by atoms with Crippen molar-refractivity contribution in [3.63, 3.8) is 0 Å². The Morgan fingerprint density at radius 3 is 2.59 bits per heavy atom. The van der Waals surface area contributed by atoms with Crippen molar-refractivity contribution in [2.45, 2.75) is 33.2 Å². The highest BCUT2D eigenvalue weighted by atomic mass is 19.1. The number of furan rings is 1. The van der Waals surface area contributed by atoms with Crippen molar-refractivity contribution in [3.05, 3.63) is 35.3 Å². The monoisotopic (exact) mass is 375 g/mol. The zero-order valence-electron chi connectivity index (χ0n) is 16.0. The number of nitrogens with zero attached hydrogens (tertiary/aromatic N) is 2. The van der Waals surface area contributed by atoms with Gasteiger partial charge >= 0.3 is 0 Å². The quantitative estimate of drug-likeness (QED) is 0.872. The molecule has 1 saturated heterocycles. The van der Waals surface area contributed by atoms with E-state index in [2.05, 4.69) is 5.32 Å². The summed E-state index contributed by atoms with van der Waals surface area (Å²) in [4.78, 5) is 28.6. The summed E-state index contributed by atoms with van der Waals surface area (Å²) in [6, 6.07) is 4.85. The molecule has 7 heteroatoms. The van der Waals surface area contributed by atoms with E-state index in [1.165, 1.54) is 6.07 Å². The van der Waals surface area contributed by atoms with Crippen LogP contribution in [0.4, 0.5) is 4.39 Å². The molecule has 1 fully saturated rings. The predicted molar refractivity (Wildman–Crippen MR) is 101 cm³/mol. The first-order valence-electron chi connectivity index (χ1n) is 9.39. The lowest BCUT2D eigenvalue weighted by Gasteiger charge is -2.34. The topological polar surface area (TPSA) is 65.8 Å². The van der Waals surface area contributed by atoms with E-state index in [0.29, 0.717) is 43.7 Å². The molecule has 1 N–H and O–H groups in total. The minimum atomic E-state index is -0.466. The summed E-state index contributed by atoms with van der Waals surface area (Å²) in [6.07, 6.45) is 0.894. The first kappa shape index (κ1) is 19.4. The molecule has 6 nitrogen and oxygen atoms in total. The predicted octanol–water partition coefficient (Wildman–Crippen LogP) is 2.55. The molecule has 0 unspecified atom stereocenters. The van der Waals surface area contributed by atoms with Gasteiger partial charge < -0.3 is 14.6 Å². The van der Waals surface area contributed by atoms with Crippen molar-refractivity contribution < 1.29 is 18.4 Å². The Balaban J connectivity index is 1.61. The summed E-state index contributed by atoms with van der Waals surface area (Å²) in [5, 5.41) is 3.58. The van der Waals surface area contributed by atoms with Crippen LogP contribution in [0.15, 0.2) is 22.6 Å². The van der Waals surface area contributed by atoms with E-state index in [0.717, 1.165) is 6.42 Å². The van der Waals surface area contributed by atoms with Crippen LogP contribution < -0.4 is 5.32 Å². The van der Waals surface area contributed by atoms with Gasteiger partial charge in [-0.2, -0.15) is 0 Å². The van der Waals surface area contributed by atoms with Gasteiger partial charge in [-0.25, -0.2) is 4.39 Å². The fourth-order valence-corrected chi connectivity index (χ4v) is 3.29. The Bertz CT molecular complexity index is 840. The number of nitrogens with one attached hydrogen (secondary N) is 1. The lowest BCUT2D eigenvalue weighted by atomic mass is 10.1. The van der Waals surface area contributed by atoms with Crippen LogP contribution in [-0.2, 0) is 4.79 Å². The molecule has 1 atom stereocenters. The summed E-state index contributed by atoms with van der Waals surface area (Å²) in [6.45, 7) is 8.37.